The smallest absolute Gasteiger partial charge is 0.408 e. The summed E-state index contributed by atoms with van der Waals surface area (Å²) in [5.74, 6) is -4.04. The fourth-order valence-electron chi connectivity index (χ4n) is 5.29. The largest absolute Gasteiger partial charge is 0.467 e. The van der Waals surface area contributed by atoms with Crippen LogP contribution in [0, 0.1) is 17.8 Å². The Morgan fingerprint density at radius 1 is 0.618 bits per heavy atom. The van der Waals surface area contributed by atoms with Crippen LogP contribution in [-0.2, 0) is 46.5 Å². The first-order chi connectivity index (χ1) is 26.1. The maximum Gasteiger partial charge on any atom is 0.408 e. The van der Waals surface area contributed by atoms with Crippen molar-refractivity contribution in [3.63, 3.8) is 0 Å². The highest BCUT2D eigenvalue weighted by Crippen LogP contribution is 2.12. The van der Waals surface area contributed by atoms with Gasteiger partial charge < -0.3 is 36.1 Å². The number of urea groups is 1. The van der Waals surface area contributed by atoms with Gasteiger partial charge in [-0.05, 0) is 42.2 Å². The first-order valence-corrected chi connectivity index (χ1v) is 18.4. The maximum absolute atomic E-state index is 13.7. The predicted molar refractivity (Wildman–Crippen MR) is 205 cm³/mol. The molecule has 7 amide bonds. The van der Waals surface area contributed by atoms with Crippen molar-refractivity contribution in [2.24, 2.45) is 17.8 Å². The van der Waals surface area contributed by atoms with Gasteiger partial charge in [-0.15, -0.1) is 0 Å². The summed E-state index contributed by atoms with van der Waals surface area (Å²) in [5, 5.41) is 13.0. The molecule has 7 N–H and O–H groups in total. The average molecular weight is 768 g/mol. The monoisotopic (exact) mass is 767 g/mol. The zero-order valence-corrected chi connectivity index (χ0v) is 32.9. The van der Waals surface area contributed by atoms with E-state index in [2.05, 4.69) is 37.4 Å². The molecule has 0 saturated carbocycles. The Morgan fingerprint density at radius 2 is 1.20 bits per heavy atom. The average Bonchev–Trinajstić information content (AvgIpc) is 3.16. The lowest BCUT2D eigenvalue weighted by Crippen LogP contribution is -2.61. The van der Waals surface area contributed by atoms with Crippen molar-refractivity contribution < 1.29 is 43.0 Å². The molecule has 0 aliphatic rings. The molecule has 0 spiro atoms. The third kappa shape index (κ3) is 16.1. The summed E-state index contributed by atoms with van der Waals surface area (Å²) in [5.41, 5.74) is 6.02. The molecule has 55 heavy (non-hydrogen) atoms. The highest BCUT2D eigenvalue weighted by atomic mass is 16.5. The normalized spacial score (nSPS) is 14.1. The number of benzene rings is 2. The summed E-state index contributed by atoms with van der Waals surface area (Å²) in [6.45, 7) is 12.2. The lowest BCUT2D eigenvalue weighted by molar-refractivity contribution is -0.146. The van der Waals surface area contributed by atoms with Crippen LogP contribution in [0.25, 0.3) is 0 Å². The quantitative estimate of drug-likeness (QED) is 0.0824. The molecular formula is C39H57N7O9. The second-order valence-corrected chi connectivity index (χ2v) is 14.1. The van der Waals surface area contributed by atoms with Gasteiger partial charge in [-0.25, -0.2) is 19.8 Å². The van der Waals surface area contributed by atoms with Crippen LogP contribution < -0.4 is 37.4 Å². The van der Waals surface area contributed by atoms with Gasteiger partial charge in [-0.1, -0.05) is 109 Å². The number of esters is 1. The summed E-state index contributed by atoms with van der Waals surface area (Å²) >= 11 is 0. The topological polar surface area (TPSA) is 222 Å². The number of carbonyl (C=O) groups is 7. The van der Waals surface area contributed by atoms with E-state index < -0.39 is 71.9 Å². The van der Waals surface area contributed by atoms with Crippen molar-refractivity contribution in [2.75, 3.05) is 7.11 Å². The minimum absolute atomic E-state index is 0.00428. The Balaban J connectivity index is 2.14. The summed E-state index contributed by atoms with van der Waals surface area (Å²) in [6.07, 6.45) is -0.0843. The van der Waals surface area contributed by atoms with Crippen LogP contribution in [0.2, 0.25) is 0 Å². The van der Waals surface area contributed by atoms with Gasteiger partial charge in [-0.2, -0.15) is 0 Å². The van der Waals surface area contributed by atoms with Crippen LogP contribution in [0.4, 0.5) is 9.59 Å². The third-order valence-electron chi connectivity index (χ3n) is 8.70. The molecule has 2 rings (SSSR count). The minimum atomic E-state index is -1.22. The lowest BCUT2D eigenvalue weighted by atomic mass is 9.97. The Labute approximate surface area is 323 Å². The van der Waals surface area contributed by atoms with E-state index in [4.69, 9.17) is 9.47 Å². The second kappa shape index (κ2) is 23.2. The van der Waals surface area contributed by atoms with E-state index in [9.17, 15) is 33.6 Å². The Hall–Kier alpha value is -5.67. The molecule has 0 fully saturated rings. The van der Waals surface area contributed by atoms with Crippen molar-refractivity contribution in [3.8, 4) is 0 Å². The van der Waals surface area contributed by atoms with Crippen LogP contribution in [0.3, 0.4) is 0 Å². The second-order valence-electron chi connectivity index (χ2n) is 14.1. The van der Waals surface area contributed by atoms with E-state index in [0.717, 1.165) is 5.56 Å². The molecule has 0 bridgehead atoms. The molecule has 16 nitrogen and oxygen atoms in total. The fourth-order valence-corrected chi connectivity index (χ4v) is 5.29. The van der Waals surface area contributed by atoms with E-state index >= 15 is 0 Å². The lowest BCUT2D eigenvalue weighted by Gasteiger charge is -2.27. The number of amides is 7. The van der Waals surface area contributed by atoms with Gasteiger partial charge in [0.1, 0.15) is 36.8 Å². The molecule has 0 aliphatic carbocycles. The molecule has 302 valence electrons. The molecule has 0 aromatic heterocycles. The molecule has 6 atom stereocenters. The van der Waals surface area contributed by atoms with Crippen LogP contribution in [0.15, 0.2) is 60.7 Å². The highest BCUT2D eigenvalue weighted by Gasteiger charge is 2.33. The van der Waals surface area contributed by atoms with Gasteiger partial charge in [-0.3, -0.25) is 24.6 Å². The molecule has 0 heterocycles. The molecule has 2 aromatic carbocycles. The maximum atomic E-state index is 13.7. The number of rotatable bonds is 19. The van der Waals surface area contributed by atoms with E-state index in [1.807, 2.05) is 26.8 Å². The standard InChI is InChI=1S/C39H57N7O9/c1-9-25(6)32(36(50)43-31(24(4)5)37(51)54-8)44-38(52)46-45-35(49)30(21-27-16-12-10-13-17-27)42-34(48)29(20-23(2)3)41-33(47)26(7)40-39(53)55-22-28-18-14-11-15-19-28/h10-19,23-26,29-32H,9,20-22H2,1-8H3,(H,40,53)(H,41,47)(H,42,48)(H,43,50)(H,45,49)(H2,44,46,52)/t25-,26-,29-,30-,31-,32-/m0/s1. The van der Waals surface area contributed by atoms with Gasteiger partial charge in [0, 0.05) is 6.42 Å². The molecule has 2 aromatic rings. The van der Waals surface area contributed by atoms with E-state index in [0.29, 0.717) is 12.0 Å². The number of carbonyl (C=O) groups excluding carboxylic acids is 7. The van der Waals surface area contributed by atoms with Crippen LogP contribution >= 0.6 is 0 Å². The molecule has 0 saturated heterocycles. The fraction of sp³-hybridized carbons (Fsp3) is 0.513. The van der Waals surface area contributed by atoms with Gasteiger partial charge in [0.25, 0.3) is 5.91 Å². The summed E-state index contributed by atoms with van der Waals surface area (Å²) in [6, 6.07) is 11.6. The Kier molecular flexibility index (Phi) is 19.2. The third-order valence-corrected chi connectivity index (χ3v) is 8.70. The summed E-state index contributed by atoms with van der Waals surface area (Å²) < 4.78 is 10.0. The molecular weight excluding hydrogens is 710 g/mol. The number of hydrazine groups is 1. The Morgan fingerprint density at radius 3 is 1.75 bits per heavy atom. The summed E-state index contributed by atoms with van der Waals surface area (Å²) in [4.78, 5) is 91.2. The van der Waals surface area contributed by atoms with Gasteiger partial charge in [0.05, 0.1) is 7.11 Å². The zero-order chi connectivity index (χ0) is 41.1. The first-order valence-electron chi connectivity index (χ1n) is 18.4. The van der Waals surface area contributed by atoms with E-state index in [-0.39, 0.29) is 37.2 Å². The van der Waals surface area contributed by atoms with E-state index in [1.54, 1.807) is 75.4 Å². The van der Waals surface area contributed by atoms with Crippen molar-refractivity contribution in [3.05, 3.63) is 71.8 Å². The SMILES string of the molecule is CC[C@H](C)[C@H](NC(=O)NNC(=O)[C@H](Cc1ccccc1)NC(=O)[C@H](CC(C)C)NC(=O)[C@H](C)NC(=O)OCc1ccccc1)C(=O)N[C@H](C(=O)OC)C(C)C. The minimum Gasteiger partial charge on any atom is -0.467 e. The number of hydrogen-bond acceptors (Lipinski definition) is 9. The molecule has 0 radical (unpaired) electrons. The van der Waals surface area contributed by atoms with Crippen molar-refractivity contribution in [1.82, 2.24) is 37.4 Å². The molecule has 0 aliphatic heterocycles. The highest BCUT2D eigenvalue weighted by molar-refractivity contribution is 5.95. The summed E-state index contributed by atoms with van der Waals surface area (Å²) in [7, 11) is 1.21. The number of nitrogens with one attached hydrogen (secondary N) is 7. The first kappa shape index (κ1) is 45.5. The number of alkyl carbamates (subject to hydrolysis) is 1. The number of ether oxygens (including phenoxy) is 2. The van der Waals surface area contributed by atoms with Crippen molar-refractivity contribution >= 4 is 41.7 Å². The van der Waals surface area contributed by atoms with Crippen LogP contribution in [0.1, 0.15) is 72.4 Å². The molecule has 16 heteroatoms. The number of methoxy groups -OCH3 is 1. The predicted octanol–water partition coefficient (Wildman–Crippen LogP) is 2.62. The van der Waals surface area contributed by atoms with Crippen molar-refractivity contribution in [2.45, 2.75) is 105 Å². The van der Waals surface area contributed by atoms with Crippen molar-refractivity contribution in [1.29, 1.82) is 0 Å². The van der Waals surface area contributed by atoms with Crippen LogP contribution in [0.5, 0.6) is 0 Å². The number of hydrogen-bond donors (Lipinski definition) is 7. The Bertz CT molecular complexity index is 1570. The van der Waals surface area contributed by atoms with Gasteiger partial charge in [0.2, 0.25) is 17.7 Å². The van der Waals surface area contributed by atoms with Gasteiger partial charge >= 0.3 is 18.1 Å². The van der Waals surface area contributed by atoms with Gasteiger partial charge in [0.15, 0.2) is 0 Å². The molecule has 0 unspecified atom stereocenters. The zero-order valence-electron chi connectivity index (χ0n) is 32.9. The van der Waals surface area contributed by atoms with E-state index in [1.165, 1.54) is 14.0 Å². The van der Waals surface area contributed by atoms with Crippen LogP contribution in [-0.4, -0.2) is 79.0 Å².